The van der Waals surface area contributed by atoms with Crippen molar-refractivity contribution in [3.63, 3.8) is 0 Å². The molecule has 0 unspecified atom stereocenters. The van der Waals surface area contributed by atoms with Gasteiger partial charge in [-0.1, -0.05) is 23.3 Å². The van der Waals surface area contributed by atoms with Gasteiger partial charge >= 0.3 is 0 Å². The van der Waals surface area contributed by atoms with Gasteiger partial charge < -0.3 is 15.0 Å². The molecule has 2 heterocycles. The van der Waals surface area contributed by atoms with Crippen molar-refractivity contribution >= 4 is 28.2 Å². The van der Waals surface area contributed by atoms with Crippen molar-refractivity contribution in [2.45, 2.75) is 13.8 Å². The van der Waals surface area contributed by atoms with Crippen LogP contribution < -0.4 is 10.5 Å². The molecule has 1 aromatic carbocycles. The zero-order valence-electron chi connectivity index (χ0n) is 13.1. The van der Waals surface area contributed by atoms with Gasteiger partial charge in [-0.2, -0.15) is 0 Å². The van der Waals surface area contributed by atoms with E-state index in [9.17, 15) is 0 Å². The first-order chi connectivity index (χ1) is 10.9. The molecule has 0 aliphatic carbocycles. The summed E-state index contributed by atoms with van der Waals surface area (Å²) in [6, 6.07) is 3.76. The van der Waals surface area contributed by atoms with Gasteiger partial charge in [0.05, 0.1) is 28.9 Å². The highest BCUT2D eigenvalue weighted by molar-refractivity contribution is 6.37. The molecule has 2 N–H and O–H groups in total. The third kappa shape index (κ3) is 2.43. The van der Waals surface area contributed by atoms with Crippen molar-refractivity contribution in [3.05, 3.63) is 46.9 Å². The Morgan fingerprint density at radius 2 is 2.09 bits per heavy atom. The first-order valence-electron chi connectivity index (χ1n) is 6.98. The SMILES string of the molecule is C=C(N)c1cnc2cc(-c3c(C)noc3C)c(OC)cc2c1Cl. The van der Waals surface area contributed by atoms with Crippen molar-refractivity contribution in [2.24, 2.45) is 5.73 Å². The molecule has 0 bridgehead atoms. The number of halogens is 1. The van der Waals surface area contributed by atoms with E-state index in [2.05, 4.69) is 16.7 Å². The van der Waals surface area contributed by atoms with Crippen molar-refractivity contribution in [3.8, 4) is 16.9 Å². The number of aromatic nitrogens is 2. The molecule has 118 valence electrons. The lowest BCUT2D eigenvalue weighted by atomic mass is 10.00. The number of hydrogen-bond acceptors (Lipinski definition) is 5. The van der Waals surface area contributed by atoms with Crippen LogP contribution in [0.5, 0.6) is 5.75 Å². The van der Waals surface area contributed by atoms with Gasteiger partial charge in [-0.25, -0.2) is 0 Å². The zero-order chi connectivity index (χ0) is 16.7. The quantitative estimate of drug-likeness (QED) is 0.783. The summed E-state index contributed by atoms with van der Waals surface area (Å²) < 4.78 is 10.8. The first-order valence-corrected chi connectivity index (χ1v) is 7.36. The largest absolute Gasteiger partial charge is 0.496 e. The summed E-state index contributed by atoms with van der Waals surface area (Å²) in [5.41, 5.74) is 10.0. The van der Waals surface area contributed by atoms with Gasteiger partial charge in [0, 0.05) is 28.4 Å². The van der Waals surface area contributed by atoms with E-state index in [0.717, 1.165) is 33.5 Å². The molecule has 3 aromatic rings. The van der Waals surface area contributed by atoms with Crippen LogP contribution in [0.2, 0.25) is 5.02 Å². The van der Waals surface area contributed by atoms with E-state index >= 15 is 0 Å². The molecule has 23 heavy (non-hydrogen) atoms. The molecular weight excluding hydrogens is 314 g/mol. The van der Waals surface area contributed by atoms with Gasteiger partial charge in [0.15, 0.2) is 0 Å². The number of rotatable bonds is 3. The van der Waals surface area contributed by atoms with Gasteiger partial charge in [-0.05, 0) is 26.0 Å². The van der Waals surface area contributed by atoms with E-state index in [1.807, 2.05) is 26.0 Å². The smallest absolute Gasteiger partial charge is 0.141 e. The highest BCUT2D eigenvalue weighted by atomic mass is 35.5. The number of ether oxygens (including phenoxy) is 1. The maximum Gasteiger partial charge on any atom is 0.141 e. The van der Waals surface area contributed by atoms with Crippen molar-refractivity contribution in [1.29, 1.82) is 0 Å². The van der Waals surface area contributed by atoms with Crippen molar-refractivity contribution < 1.29 is 9.26 Å². The second kappa shape index (κ2) is 5.59. The maximum atomic E-state index is 6.44. The molecule has 0 saturated carbocycles. The van der Waals surface area contributed by atoms with Crippen LogP contribution in [0, 0.1) is 13.8 Å². The molecule has 3 rings (SSSR count). The number of hydrogen-bond donors (Lipinski definition) is 1. The van der Waals surface area contributed by atoms with Crippen LogP contribution in [0.15, 0.2) is 29.4 Å². The molecule has 0 aliphatic rings. The van der Waals surface area contributed by atoms with Gasteiger partial charge in [0.2, 0.25) is 0 Å². The van der Waals surface area contributed by atoms with Gasteiger partial charge in [-0.3, -0.25) is 4.98 Å². The van der Waals surface area contributed by atoms with Crippen LogP contribution in [-0.2, 0) is 0 Å². The normalized spacial score (nSPS) is 11.0. The summed E-state index contributed by atoms with van der Waals surface area (Å²) in [4.78, 5) is 4.44. The summed E-state index contributed by atoms with van der Waals surface area (Å²) in [7, 11) is 1.61. The minimum Gasteiger partial charge on any atom is -0.496 e. The van der Waals surface area contributed by atoms with E-state index in [1.165, 1.54) is 0 Å². The minimum absolute atomic E-state index is 0.373. The third-order valence-electron chi connectivity index (χ3n) is 3.77. The predicted molar refractivity (Wildman–Crippen MR) is 91.5 cm³/mol. The number of fused-ring (bicyclic) bond motifs is 1. The average molecular weight is 330 g/mol. The van der Waals surface area contributed by atoms with E-state index in [-0.39, 0.29) is 0 Å². The summed E-state index contributed by atoms with van der Waals surface area (Å²) in [5, 5.41) is 5.26. The maximum absolute atomic E-state index is 6.44. The Bertz CT molecular complexity index is 912. The monoisotopic (exact) mass is 329 g/mol. The van der Waals surface area contributed by atoms with Crippen LogP contribution in [0.1, 0.15) is 17.0 Å². The number of aryl methyl sites for hydroxylation is 2. The van der Waals surface area contributed by atoms with Crippen LogP contribution in [0.3, 0.4) is 0 Å². The standard InChI is InChI=1S/C17H16ClN3O2/c1-8(19)13-7-20-14-5-12(16-9(2)21-23-10(16)3)15(22-4)6-11(14)17(13)18/h5-7H,1,19H2,2-4H3. The number of nitrogens with two attached hydrogens (primary N) is 1. The Labute approximate surface area is 138 Å². The summed E-state index contributed by atoms with van der Waals surface area (Å²) in [6.07, 6.45) is 1.62. The first kappa shape index (κ1) is 15.4. The number of nitrogens with zero attached hydrogens (tertiary/aromatic N) is 2. The number of pyridine rings is 1. The van der Waals surface area contributed by atoms with E-state index in [0.29, 0.717) is 22.0 Å². The fourth-order valence-electron chi connectivity index (χ4n) is 2.64. The second-order valence-electron chi connectivity index (χ2n) is 5.28. The van der Waals surface area contributed by atoms with E-state index in [1.54, 1.807) is 13.3 Å². The van der Waals surface area contributed by atoms with Crippen LogP contribution in [0.25, 0.3) is 27.7 Å². The van der Waals surface area contributed by atoms with Crippen LogP contribution >= 0.6 is 11.6 Å². The molecule has 0 saturated heterocycles. The molecule has 5 nitrogen and oxygen atoms in total. The summed E-state index contributed by atoms with van der Waals surface area (Å²) in [6.45, 7) is 7.47. The Kier molecular flexibility index (Phi) is 3.74. The van der Waals surface area contributed by atoms with Gasteiger partial charge in [0.25, 0.3) is 0 Å². The third-order valence-corrected chi connectivity index (χ3v) is 4.18. The lowest BCUT2D eigenvalue weighted by molar-refractivity contribution is 0.393. The molecule has 0 radical (unpaired) electrons. The Morgan fingerprint density at radius 1 is 1.35 bits per heavy atom. The van der Waals surface area contributed by atoms with Gasteiger partial charge in [-0.15, -0.1) is 0 Å². The topological polar surface area (TPSA) is 74.2 Å². The highest BCUT2D eigenvalue weighted by Gasteiger charge is 2.19. The molecule has 0 atom stereocenters. The second-order valence-corrected chi connectivity index (χ2v) is 5.66. The fourth-order valence-corrected chi connectivity index (χ4v) is 2.96. The molecule has 6 heteroatoms. The fraction of sp³-hybridized carbons (Fsp3) is 0.176. The number of methoxy groups -OCH3 is 1. The van der Waals surface area contributed by atoms with Crippen molar-refractivity contribution in [1.82, 2.24) is 10.1 Å². The number of benzene rings is 1. The predicted octanol–water partition coefficient (Wildman–Crippen LogP) is 4.10. The zero-order valence-corrected chi connectivity index (χ0v) is 13.9. The summed E-state index contributed by atoms with van der Waals surface area (Å²) in [5.74, 6) is 1.38. The molecule has 0 fully saturated rings. The lowest BCUT2D eigenvalue weighted by Gasteiger charge is -2.12. The average Bonchev–Trinajstić information content (AvgIpc) is 2.85. The molecule has 0 aliphatic heterocycles. The van der Waals surface area contributed by atoms with E-state index < -0.39 is 0 Å². The van der Waals surface area contributed by atoms with E-state index in [4.69, 9.17) is 26.6 Å². The van der Waals surface area contributed by atoms with Crippen LogP contribution in [-0.4, -0.2) is 17.3 Å². The van der Waals surface area contributed by atoms with Gasteiger partial charge in [0.1, 0.15) is 11.5 Å². The highest BCUT2D eigenvalue weighted by Crippen LogP contribution is 2.39. The molecular formula is C17H16ClN3O2. The van der Waals surface area contributed by atoms with Crippen LogP contribution in [0.4, 0.5) is 0 Å². The lowest BCUT2D eigenvalue weighted by Crippen LogP contribution is -1.98. The molecule has 0 amide bonds. The molecule has 0 spiro atoms. The Hall–Kier alpha value is -2.53. The Morgan fingerprint density at radius 3 is 2.65 bits per heavy atom. The van der Waals surface area contributed by atoms with Crippen molar-refractivity contribution in [2.75, 3.05) is 7.11 Å². The summed E-state index contributed by atoms with van der Waals surface area (Å²) >= 11 is 6.44. The minimum atomic E-state index is 0.373. The Balaban J connectivity index is 2.34. The molecule has 2 aromatic heterocycles.